The number of rotatable bonds is 6. The summed E-state index contributed by atoms with van der Waals surface area (Å²) in [6, 6.07) is 18.8. The summed E-state index contributed by atoms with van der Waals surface area (Å²) >= 11 is 1.69. The summed E-state index contributed by atoms with van der Waals surface area (Å²) in [7, 11) is 0. The van der Waals surface area contributed by atoms with Crippen LogP contribution in [0.4, 0.5) is 0 Å². The topological polar surface area (TPSA) is 77.0 Å². The zero-order chi connectivity index (χ0) is 25.2. The van der Waals surface area contributed by atoms with Gasteiger partial charge in [0.15, 0.2) is 11.5 Å². The maximum Gasteiger partial charge on any atom is 0.231 e. The molecular weight excluding hydrogens is 470 g/mol. The summed E-state index contributed by atoms with van der Waals surface area (Å²) in [5.74, 6) is 0.813. The monoisotopic (exact) mass is 505 g/mol. The van der Waals surface area contributed by atoms with Gasteiger partial charge in [-0.05, 0) is 51.2 Å². The highest BCUT2D eigenvalue weighted by Crippen LogP contribution is 2.41. The van der Waals surface area contributed by atoms with Crippen molar-refractivity contribution in [3.8, 4) is 0 Å². The van der Waals surface area contributed by atoms with E-state index in [-0.39, 0.29) is 42.0 Å². The number of nitrogens with one attached hydrogen (secondary N) is 2. The normalized spacial score (nSPS) is 25.2. The Bertz CT molecular complexity index is 1120. The third kappa shape index (κ3) is 5.09. The van der Waals surface area contributed by atoms with Gasteiger partial charge in [-0.25, -0.2) is 0 Å². The molecule has 4 atom stereocenters. The van der Waals surface area contributed by atoms with Crippen LogP contribution in [0.2, 0.25) is 0 Å². The van der Waals surface area contributed by atoms with E-state index >= 15 is 0 Å². The van der Waals surface area contributed by atoms with Gasteiger partial charge in [0.1, 0.15) is 0 Å². The zero-order valence-corrected chi connectivity index (χ0v) is 22.0. The van der Waals surface area contributed by atoms with Crippen molar-refractivity contribution in [3.05, 3.63) is 71.3 Å². The highest BCUT2D eigenvalue weighted by Gasteiger charge is 2.53. The summed E-state index contributed by atoms with van der Waals surface area (Å²) in [5.41, 5.74) is 6.79. The van der Waals surface area contributed by atoms with E-state index in [0.29, 0.717) is 19.4 Å². The number of fused-ring (bicyclic) bond motifs is 3. The fourth-order valence-electron chi connectivity index (χ4n) is 5.48. The minimum absolute atomic E-state index is 0.0505. The second-order valence-electron chi connectivity index (χ2n) is 10.4. The molecule has 2 aromatic carbocycles. The van der Waals surface area contributed by atoms with Crippen LogP contribution in [0.5, 0.6) is 0 Å². The molecule has 5 rings (SSSR count). The molecule has 0 radical (unpaired) electrons. The predicted octanol–water partition coefficient (Wildman–Crippen LogP) is 4.04. The Morgan fingerprint density at radius 1 is 1.11 bits per heavy atom. The lowest BCUT2D eigenvalue weighted by Gasteiger charge is -2.51. The van der Waals surface area contributed by atoms with Crippen molar-refractivity contribution < 1.29 is 9.59 Å². The first kappa shape index (κ1) is 24.7. The maximum absolute atomic E-state index is 13.8. The first-order valence-electron chi connectivity index (χ1n) is 12.9. The smallest absolute Gasteiger partial charge is 0.231 e. The molecule has 4 unspecified atom stereocenters. The fourth-order valence-corrected chi connectivity index (χ4v) is 6.47. The van der Waals surface area contributed by atoms with E-state index in [0.717, 1.165) is 22.9 Å². The zero-order valence-electron chi connectivity index (χ0n) is 21.2. The van der Waals surface area contributed by atoms with Gasteiger partial charge in [0.2, 0.25) is 11.8 Å². The molecule has 2 aromatic rings. The minimum atomic E-state index is -0.342. The van der Waals surface area contributed by atoms with Crippen LogP contribution in [-0.2, 0) is 21.9 Å². The van der Waals surface area contributed by atoms with Gasteiger partial charge >= 0.3 is 0 Å². The lowest BCUT2D eigenvalue weighted by atomic mass is 9.75. The van der Waals surface area contributed by atoms with E-state index in [1.807, 2.05) is 36.9 Å². The predicted molar refractivity (Wildman–Crippen MR) is 144 cm³/mol. The van der Waals surface area contributed by atoms with Crippen LogP contribution >= 0.6 is 11.8 Å². The Hall–Kier alpha value is -3.00. The summed E-state index contributed by atoms with van der Waals surface area (Å²) < 4.78 is 0. The molecule has 1 saturated carbocycles. The average molecular weight is 506 g/mol. The van der Waals surface area contributed by atoms with Crippen LogP contribution in [0, 0.1) is 18.8 Å². The molecule has 0 spiro atoms. The maximum atomic E-state index is 13.8. The lowest BCUT2D eigenvalue weighted by Crippen LogP contribution is -2.67. The molecule has 2 aliphatic heterocycles. The molecule has 0 bridgehead atoms. The van der Waals surface area contributed by atoms with E-state index in [2.05, 4.69) is 59.0 Å². The van der Waals surface area contributed by atoms with Gasteiger partial charge < -0.3 is 10.2 Å². The molecular formula is C28H35N5O2S. The Labute approximate surface area is 217 Å². The number of thioether (sulfide) groups is 1. The molecule has 2 heterocycles. The molecule has 36 heavy (non-hydrogen) atoms. The number of amides is 2. The lowest BCUT2D eigenvalue weighted by molar-refractivity contribution is -0.159. The van der Waals surface area contributed by atoms with Crippen LogP contribution in [0.1, 0.15) is 49.8 Å². The molecule has 3 aliphatic rings. The Kier molecular flexibility index (Phi) is 7.23. The highest BCUT2D eigenvalue weighted by atomic mass is 32.2. The quantitative estimate of drug-likeness (QED) is 0.620. The van der Waals surface area contributed by atoms with Crippen LogP contribution in [0.15, 0.2) is 59.7 Å². The first-order chi connectivity index (χ1) is 17.4. The number of carbonyl (C=O) groups excluding carboxylic acids is 2. The van der Waals surface area contributed by atoms with Gasteiger partial charge in [-0.15, -0.1) is 0 Å². The molecule has 2 fully saturated rings. The largest absolute Gasteiger partial charge is 0.354 e. The van der Waals surface area contributed by atoms with Gasteiger partial charge in [-0.3, -0.25) is 19.9 Å². The first-order valence-corrected chi connectivity index (χ1v) is 13.8. The Balaban J connectivity index is 1.40. The second-order valence-corrected chi connectivity index (χ2v) is 11.3. The molecule has 2 N–H and O–H groups in total. The molecule has 190 valence electrons. The van der Waals surface area contributed by atoms with Crippen molar-refractivity contribution >= 4 is 28.7 Å². The summed E-state index contributed by atoms with van der Waals surface area (Å²) in [6.45, 7) is 6.57. The summed E-state index contributed by atoms with van der Waals surface area (Å²) in [5, 5.41) is 8.68. The van der Waals surface area contributed by atoms with Gasteiger partial charge in [0, 0.05) is 30.3 Å². The molecule has 1 aliphatic carbocycles. The fraction of sp³-hybridized carbons (Fsp3) is 0.464. The molecule has 7 nitrogen and oxygen atoms in total. The average Bonchev–Trinajstić information content (AvgIpc) is 3.30. The number of aryl methyl sites for hydroxylation is 1. The molecule has 1 saturated heterocycles. The van der Waals surface area contributed by atoms with Crippen LogP contribution < -0.4 is 10.7 Å². The van der Waals surface area contributed by atoms with Crippen LogP contribution in [0.3, 0.4) is 0 Å². The van der Waals surface area contributed by atoms with E-state index in [9.17, 15) is 9.59 Å². The number of benzene rings is 2. The van der Waals surface area contributed by atoms with E-state index in [1.54, 1.807) is 11.8 Å². The number of nitrogens with zero attached hydrogens (tertiary/aromatic N) is 3. The molecule has 0 aromatic heterocycles. The summed E-state index contributed by atoms with van der Waals surface area (Å²) in [6.07, 6.45) is 1.77. The number of hydrogen-bond donors (Lipinski definition) is 2. The van der Waals surface area contributed by atoms with E-state index in [4.69, 9.17) is 5.10 Å². The van der Waals surface area contributed by atoms with E-state index in [1.165, 1.54) is 11.1 Å². The van der Waals surface area contributed by atoms with Gasteiger partial charge in [0.05, 0.1) is 5.92 Å². The van der Waals surface area contributed by atoms with Gasteiger partial charge in [-0.1, -0.05) is 71.9 Å². The third-order valence-electron chi connectivity index (χ3n) is 7.32. The Morgan fingerprint density at radius 2 is 1.86 bits per heavy atom. The number of amidine groups is 1. The third-order valence-corrected chi connectivity index (χ3v) is 8.35. The van der Waals surface area contributed by atoms with Crippen LogP contribution in [0.25, 0.3) is 0 Å². The van der Waals surface area contributed by atoms with Gasteiger partial charge in [0.25, 0.3) is 0 Å². The van der Waals surface area contributed by atoms with Gasteiger partial charge in [-0.2, -0.15) is 5.10 Å². The molecule has 2 amide bonds. The van der Waals surface area contributed by atoms with Crippen molar-refractivity contribution in [2.75, 3.05) is 0 Å². The SMILES string of the molecule is Cc1ccc(CN2C(=O)C3CCC(C(=O)NC(C)C)CC3N3C(SCc4ccccc4)=NNC23)cc1. The number of hydrazone groups is 1. The van der Waals surface area contributed by atoms with Crippen molar-refractivity contribution in [2.24, 2.45) is 16.9 Å². The van der Waals surface area contributed by atoms with Crippen molar-refractivity contribution in [3.63, 3.8) is 0 Å². The van der Waals surface area contributed by atoms with Crippen LogP contribution in [-0.4, -0.2) is 45.2 Å². The van der Waals surface area contributed by atoms with Crippen molar-refractivity contribution in [1.29, 1.82) is 0 Å². The summed E-state index contributed by atoms with van der Waals surface area (Å²) in [4.78, 5) is 30.9. The second kappa shape index (κ2) is 10.5. The van der Waals surface area contributed by atoms with E-state index < -0.39 is 0 Å². The van der Waals surface area contributed by atoms with Crippen molar-refractivity contribution in [2.45, 2.75) is 70.7 Å². The highest BCUT2D eigenvalue weighted by molar-refractivity contribution is 8.13. The number of hydrogen-bond acceptors (Lipinski definition) is 6. The minimum Gasteiger partial charge on any atom is -0.354 e. The van der Waals surface area contributed by atoms with Crippen molar-refractivity contribution in [1.82, 2.24) is 20.5 Å². The number of carbonyl (C=O) groups is 2. The molecule has 8 heteroatoms. The standard InChI is InChI=1S/C28H35N5O2S/c1-18(2)29-25(34)22-13-14-23-24(15-22)33-27(30-31-28(33)36-17-21-7-5-4-6-8-21)32(26(23)35)16-20-11-9-19(3)10-12-20/h4-12,18,22-24,27,30H,13-17H2,1-3H3,(H,29,34). The Morgan fingerprint density at radius 3 is 2.58 bits per heavy atom.